The molecule has 0 unspecified atom stereocenters. The van der Waals surface area contributed by atoms with E-state index in [1.807, 2.05) is 61.5 Å². The minimum Gasteiger partial charge on any atom is -0.481 e. The van der Waals surface area contributed by atoms with Gasteiger partial charge in [0.2, 0.25) is 0 Å². The number of fused-ring (bicyclic) bond motifs is 1. The fourth-order valence-corrected chi connectivity index (χ4v) is 4.06. The van der Waals surface area contributed by atoms with E-state index in [1.165, 1.54) is 0 Å². The van der Waals surface area contributed by atoms with Crippen molar-refractivity contribution in [3.8, 4) is 11.5 Å². The molecule has 4 rings (SSSR count). The molecule has 0 spiro atoms. The number of halogens is 2. The van der Waals surface area contributed by atoms with Crippen molar-refractivity contribution in [1.82, 2.24) is 0 Å². The summed E-state index contributed by atoms with van der Waals surface area (Å²) < 4.78 is 6.78. The van der Waals surface area contributed by atoms with Gasteiger partial charge in [-0.3, -0.25) is 4.79 Å². The zero-order chi connectivity index (χ0) is 21.3. The van der Waals surface area contributed by atoms with E-state index in [2.05, 4.69) is 22.0 Å². The van der Waals surface area contributed by atoms with Crippen LogP contribution in [0.2, 0.25) is 5.02 Å². The zero-order valence-corrected chi connectivity index (χ0v) is 18.5. The average molecular weight is 482 g/mol. The van der Waals surface area contributed by atoms with Crippen molar-refractivity contribution < 1.29 is 14.6 Å². The Kier molecular flexibility index (Phi) is 5.80. The zero-order valence-electron chi connectivity index (χ0n) is 16.2. The van der Waals surface area contributed by atoms with Crippen molar-refractivity contribution in [3.05, 3.63) is 98.5 Å². The van der Waals surface area contributed by atoms with Gasteiger partial charge in [-0.25, -0.2) is 0 Å². The summed E-state index contributed by atoms with van der Waals surface area (Å²) in [5, 5.41) is 10.0. The van der Waals surface area contributed by atoms with E-state index in [4.69, 9.17) is 16.3 Å². The number of carbonyl (C=O) groups is 1. The summed E-state index contributed by atoms with van der Waals surface area (Å²) in [7, 11) is 0. The van der Waals surface area contributed by atoms with Crippen LogP contribution in [-0.2, 0) is 4.79 Å². The Balaban J connectivity index is 1.64. The molecule has 0 saturated heterocycles. The van der Waals surface area contributed by atoms with Crippen LogP contribution in [0.15, 0.2) is 76.8 Å². The Morgan fingerprint density at radius 2 is 1.63 bits per heavy atom. The van der Waals surface area contributed by atoms with Gasteiger partial charge in [-0.1, -0.05) is 45.7 Å². The van der Waals surface area contributed by atoms with Crippen LogP contribution in [0.25, 0.3) is 17.2 Å². The number of rotatable bonds is 5. The molecular weight excluding hydrogens is 464 g/mol. The monoisotopic (exact) mass is 480 g/mol. The Morgan fingerprint density at radius 3 is 2.27 bits per heavy atom. The molecule has 0 aliphatic heterocycles. The lowest BCUT2D eigenvalue weighted by Gasteiger charge is -2.07. The second-order valence-electron chi connectivity index (χ2n) is 7.05. The van der Waals surface area contributed by atoms with E-state index in [0.717, 1.165) is 49.4 Å². The molecule has 0 atom stereocenters. The van der Waals surface area contributed by atoms with Crippen molar-refractivity contribution in [3.63, 3.8) is 0 Å². The molecule has 3 nitrogen and oxygen atoms in total. The molecule has 0 fully saturated rings. The summed E-state index contributed by atoms with van der Waals surface area (Å²) in [6.45, 7) is 1.98. The number of carboxylic acid groups (broad SMARTS) is 1. The maximum atomic E-state index is 11.4. The number of hydrogen-bond donors (Lipinski definition) is 1. The predicted molar refractivity (Wildman–Crippen MR) is 125 cm³/mol. The van der Waals surface area contributed by atoms with E-state index >= 15 is 0 Å². The Labute approximate surface area is 188 Å². The van der Waals surface area contributed by atoms with Gasteiger partial charge in [0.1, 0.15) is 11.5 Å². The van der Waals surface area contributed by atoms with Crippen molar-refractivity contribution in [1.29, 1.82) is 0 Å². The molecule has 150 valence electrons. The maximum absolute atomic E-state index is 11.4. The third-order valence-electron chi connectivity index (χ3n) is 5.02. The highest BCUT2D eigenvalue weighted by molar-refractivity contribution is 9.10. The second kappa shape index (κ2) is 8.50. The molecule has 1 N–H and O–H groups in total. The molecule has 1 aliphatic rings. The number of benzene rings is 3. The molecule has 0 bridgehead atoms. The van der Waals surface area contributed by atoms with Gasteiger partial charge in [-0.15, -0.1) is 0 Å². The Hall–Kier alpha value is -2.82. The van der Waals surface area contributed by atoms with Crippen molar-refractivity contribution in [2.75, 3.05) is 0 Å². The van der Waals surface area contributed by atoms with E-state index in [9.17, 15) is 9.90 Å². The van der Waals surface area contributed by atoms with Crippen molar-refractivity contribution in [2.45, 2.75) is 13.3 Å². The van der Waals surface area contributed by atoms with Gasteiger partial charge in [0, 0.05) is 9.50 Å². The summed E-state index contributed by atoms with van der Waals surface area (Å²) in [5.74, 6) is 0.618. The largest absolute Gasteiger partial charge is 0.481 e. The normalized spacial score (nSPS) is 14.2. The number of hydrogen-bond acceptors (Lipinski definition) is 2. The van der Waals surface area contributed by atoms with E-state index in [0.29, 0.717) is 5.02 Å². The first-order valence-electron chi connectivity index (χ1n) is 9.38. The molecule has 0 aromatic heterocycles. The molecule has 30 heavy (non-hydrogen) atoms. The minimum absolute atomic E-state index is 0.000493. The summed E-state index contributed by atoms with van der Waals surface area (Å²) in [4.78, 5) is 11.4. The van der Waals surface area contributed by atoms with Crippen molar-refractivity contribution in [2.24, 2.45) is 0 Å². The summed E-state index contributed by atoms with van der Waals surface area (Å²) in [5.41, 5.74) is 5.92. The van der Waals surface area contributed by atoms with Crippen LogP contribution in [0, 0.1) is 0 Å². The molecule has 0 heterocycles. The lowest BCUT2D eigenvalue weighted by molar-refractivity contribution is -0.135. The van der Waals surface area contributed by atoms with E-state index in [1.54, 1.807) is 12.1 Å². The Bertz CT molecular complexity index is 1180. The lowest BCUT2D eigenvalue weighted by Crippen LogP contribution is -1.96. The van der Waals surface area contributed by atoms with Crippen LogP contribution in [0.1, 0.15) is 30.0 Å². The van der Waals surface area contributed by atoms with Gasteiger partial charge in [-0.2, -0.15) is 0 Å². The number of ether oxygens (including phenoxy) is 1. The van der Waals surface area contributed by atoms with Gasteiger partial charge in [0.25, 0.3) is 0 Å². The topological polar surface area (TPSA) is 46.5 Å². The number of aliphatic carboxylic acids is 1. The smallest absolute Gasteiger partial charge is 0.307 e. The molecule has 1 aliphatic carbocycles. The molecule has 3 aromatic rings. The van der Waals surface area contributed by atoms with Crippen LogP contribution in [0.4, 0.5) is 0 Å². The van der Waals surface area contributed by atoms with Crippen LogP contribution in [0.3, 0.4) is 0 Å². The van der Waals surface area contributed by atoms with E-state index < -0.39 is 5.97 Å². The molecule has 0 radical (unpaired) electrons. The number of carboxylic acids is 1. The molecule has 5 heteroatoms. The lowest BCUT2D eigenvalue weighted by atomic mass is 10.0. The summed E-state index contributed by atoms with van der Waals surface area (Å²) in [6.07, 6.45) is 2.09. The average Bonchev–Trinajstić information content (AvgIpc) is 2.96. The standard InChI is InChI=1S/C25H18BrClO3/c1-15-22(21-11-4-17(26)13-24(21)23(15)14-25(28)29)12-16-2-7-19(8-3-16)30-20-9-5-18(27)6-10-20/h2-13H,14H2,1H3,(H,28,29)/b22-12+. The third-order valence-corrected chi connectivity index (χ3v) is 5.77. The van der Waals surface area contributed by atoms with Gasteiger partial charge in [-0.05, 0) is 94.9 Å². The van der Waals surface area contributed by atoms with Crippen LogP contribution < -0.4 is 4.74 Å². The molecule has 0 amide bonds. The van der Waals surface area contributed by atoms with Crippen LogP contribution in [0.5, 0.6) is 11.5 Å². The Morgan fingerprint density at radius 1 is 1.00 bits per heavy atom. The van der Waals surface area contributed by atoms with Gasteiger partial charge < -0.3 is 9.84 Å². The van der Waals surface area contributed by atoms with E-state index in [-0.39, 0.29) is 6.42 Å². The first-order chi connectivity index (χ1) is 14.4. The first kappa shape index (κ1) is 20.5. The van der Waals surface area contributed by atoms with Gasteiger partial charge in [0.05, 0.1) is 6.42 Å². The van der Waals surface area contributed by atoms with Gasteiger partial charge in [0.15, 0.2) is 0 Å². The predicted octanol–water partition coefficient (Wildman–Crippen LogP) is 7.70. The highest BCUT2D eigenvalue weighted by atomic mass is 79.9. The van der Waals surface area contributed by atoms with Crippen LogP contribution >= 0.6 is 27.5 Å². The molecule has 3 aromatic carbocycles. The third kappa shape index (κ3) is 4.35. The fraction of sp³-hybridized carbons (Fsp3) is 0.0800. The fourth-order valence-electron chi connectivity index (χ4n) is 3.57. The van der Waals surface area contributed by atoms with Gasteiger partial charge >= 0.3 is 5.97 Å². The second-order valence-corrected chi connectivity index (χ2v) is 8.40. The highest BCUT2D eigenvalue weighted by Crippen LogP contribution is 2.44. The summed E-state index contributed by atoms with van der Waals surface area (Å²) >= 11 is 9.40. The molecule has 0 saturated carbocycles. The first-order valence-corrected chi connectivity index (χ1v) is 10.6. The SMILES string of the molecule is CC1=C(CC(=O)O)c2cc(Br)ccc2/C1=C/c1ccc(Oc2ccc(Cl)cc2)cc1. The molecular formula is C25H18BrClO3. The van der Waals surface area contributed by atoms with Crippen LogP contribution in [-0.4, -0.2) is 11.1 Å². The highest BCUT2D eigenvalue weighted by Gasteiger charge is 2.25. The number of allylic oxidation sites excluding steroid dienone is 2. The maximum Gasteiger partial charge on any atom is 0.307 e. The quantitative estimate of drug-likeness (QED) is 0.406. The van der Waals surface area contributed by atoms with Crippen molar-refractivity contribution >= 4 is 50.7 Å². The minimum atomic E-state index is -0.833. The summed E-state index contributed by atoms with van der Waals surface area (Å²) in [6, 6.07) is 21.0.